The lowest BCUT2D eigenvalue weighted by Crippen LogP contribution is -2.17. The third kappa shape index (κ3) is 6.07. The van der Waals surface area contributed by atoms with Gasteiger partial charge in [-0.15, -0.1) is 13.2 Å². The van der Waals surface area contributed by atoms with Gasteiger partial charge in [-0.25, -0.2) is 14.3 Å². The van der Waals surface area contributed by atoms with Crippen LogP contribution in [0.5, 0.6) is 23.1 Å². The lowest BCUT2D eigenvalue weighted by atomic mass is 10.2. The number of nitrogens with one attached hydrogen (secondary N) is 1. The number of aromatic amines is 1. The SMILES string of the molecule is CCOC(=O)c1[nH]nnc1Oc1ccc(F)c(OCc2ccc(OC(F)(F)F)cc2)c1. The number of halogens is 4. The second kappa shape index (κ2) is 9.32. The zero-order valence-electron chi connectivity index (χ0n) is 15.9. The first-order chi connectivity index (χ1) is 14.7. The minimum Gasteiger partial charge on any atom is -0.486 e. The standard InChI is InChI=1S/C19H15F4N3O5/c1-2-28-18(27)16-17(25-26-24-16)30-13-7-8-14(20)15(9-13)29-10-11-3-5-12(6-4-11)31-19(21,22)23/h3-9H,2,10H2,1H3,(H,24,25,26). The van der Waals surface area contributed by atoms with E-state index in [0.717, 1.165) is 18.2 Å². The molecule has 0 unspecified atom stereocenters. The van der Waals surface area contributed by atoms with Gasteiger partial charge in [-0.05, 0) is 36.8 Å². The summed E-state index contributed by atoms with van der Waals surface area (Å²) < 4.78 is 70.1. The van der Waals surface area contributed by atoms with Crippen LogP contribution in [-0.2, 0) is 11.3 Å². The van der Waals surface area contributed by atoms with Crippen LogP contribution in [0.3, 0.4) is 0 Å². The van der Waals surface area contributed by atoms with Crippen molar-refractivity contribution < 1.29 is 41.3 Å². The van der Waals surface area contributed by atoms with E-state index in [0.29, 0.717) is 5.56 Å². The van der Waals surface area contributed by atoms with Crippen LogP contribution in [0.2, 0.25) is 0 Å². The lowest BCUT2D eigenvalue weighted by Gasteiger charge is -2.11. The van der Waals surface area contributed by atoms with Gasteiger partial charge in [0.15, 0.2) is 11.6 Å². The molecule has 0 fully saturated rings. The van der Waals surface area contributed by atoms with E-state index in [9.17, 15) is 22.4 Å². The second-order valence-electron chi connectivity index (χ2n) is 5.89. The Morgan fingerprint density at radius 2 is 1.81 bits per heavy atom. The molecule has 0 aliphatic carbocycles. The summed E-state index contributed by atoms with van der Waals surface area (Å²) >= 11 is 0. The monoisotopic (exact) mass is 441 g/mol. The van der Waals surface area contributed by atoms with Crippen molar-refractivity contribution in [2.24, 2.45) is 0 Å². The van der Waals surface area contributed by atoms with Gasteiger partial charge in [0, 0.05) is 6.07 Å². The van der Waals surface area contributed by atoms with Crippen LogP contribution >= 0.6 is 0 Å². The smallest absolute Gasteiger partial charge is 0.486 e. The molecule has 8 nitrogen and oxygen atoms in total. The highest BCUT2D eigenvalue weighted by Crippen LogP contribution is 2.29. The predicted molar refractivity (Wildman–Crippen MR) is 96.3 cm³/mol. The molecule has 1 N–H and O–H groups in total. The van der Waals surface area contributed by atoms with E-state index in [-0.39, 0.29) is 42.0 Å². The van der Waals surface area contributed by atoms with Gasteiger partial charge in [0.05, 0.1) is 6.61 Å². The molecule has 31 heavy (non-hydrogen) atoms. The van der Waals surface area contributed by atoms with Gasteiger partial charge in [-0.3, -0.25) is 0 Å². The third-order valence-electron chi connectivity index (χ3n) is 3.66. The number of carbonyl (C=O) groups is 1. The molecule has 0 amide bonds. The summed E-state index contributed by atoms with van der Waals surface area (Å²) in [5.74, 6) is -2.06. The summed E-state index contributed by atoms with van der Waals surface area (Å²) in [6.07, 6.45) is -4.79. The van der Waals surface area contributed by atoms with E-state index in [2.05, 4.69) is 20.1 Å². The molecule has 1 heterocycles. The van der Waals surface area contributed by atoms with Crippen LogP contribution in [0, 0.1) is 5.82 Å². The molecule has 0 aliphatic heterocycles. The van der Waals surface area contributed by atoms with Crippen molar-refractivity contribution in [1.82, 2.24) is 15.4 Å². The van der Waals surface area contributed by atoms with Crippen LogP contribution in [-0.4, -0.2) is 34.3 Å². The van der Waals surface area contributed by atoms with E-state index >= 15 is 0 Å². The Bertz CT molecular complexity index is 1040. The number of alkyl halides is 3. The van der Waals surface area contributed by atoms with Crippen molar-refractivity contribution in [1.29, 1.82) is 0 Å². The topological polar surface area (TPSA) is 95.6 Å². The van der Waals surface area contributed by atoms with Gasteiger partial charge >= 0.3 is 12.3 Å². The first-order valence-corrected chi connectivity index (χ1v) is 8.78. The largest absolute Gasteiger partial charge is 0.573 e. The van der Waals surface area contributed by atoms with Crippen molar-refractivity contribution in [2.75, 3.05) is 6.61 Å². The molecule has 0 aliphatic rings. The molecule has 0 saturated carbocycles. The summed E-state index contributed by atoms with van der Waals surface area (Å²) in [6.45, 7) is 1.63. The highest BCUT2D eigenvalue weighted by atomic mass is 19.4. The number of benzene rings is 2. The Labute approximate surface area is 172 Å². The van der Waals surface area contributed by atoms with Crippen LogP contribution in [0.4, 0.5) is 17.6 Å². The van der Waals surface area contributed by atoms with Gasteiger partial charge in [-0.1, -0.05) is 22.4 Å². The minimum absolute atomic E-state index is 0.102. The highest BCUT2D eigenvalue weighted by Gasteiger charge is 2.31. The van der Waals surface area contributed by atoms with E-state index in [1.807, 2.05) is 0 Å². The maximum Gasteiger partial charge on any atom is 0.573 e. The Hall–Kier alpha value is -3.83. The predicted octanol–water partition coefficient (Wildman–Crippen LogP) is 4.39. The fourth-order valence-corrected chi connectivity index (χ4v) is 2.34. The number of rotatable bonds is 8. The minimum atomic E-state index is -4.79. The van der Waals surface area contributed by atoms with Crippen LogP contribution in [0.1, 0.15) is 23.0 Å². The summed E-state index contributed by atoms with van der Waals surface area (Å²) in [5.41, 5.74) is 0.358. The normalized spacial score (nSPS) is 11.1. The van der Waals surface area contributed by atoms with Crippen LogP contribution < -0.4 is 14.2 Å². The molecule has 2 aromatic carbocycles. The van der Waals surface area contributed by atoms with Crippen molar-refractivity contribution in [3.63, 3.8) is 0 Å². The number of esters is 1. The molecule has 164 valence electrons. The molecule has 0 bridgehead atoms. The molecule has 3 aromatic rings. The Morgan fingerprint density at radius 1 is 1.10 bits per heavy atom. The molecule has 1 aromatic heterocycles. The molecule has 0 atom stereocenters. The fraction of sp³-hybridized carbons (Fsp3) is 0.211. The quantitative estimate of drug-likeness (QED) is 0.409. The summed E-state index contributed by atoms with van der Waals surface area (Å²) in [7, 11) is 0. The molecule has 0 radical (unpaired) electrons. The number of hydrogen-bond donors (Lipinski definition) is 1. The third-order valence-corrected chi connectivity index (χ3v) is 3.66. The highest BCUT2D eigenvalue weighted by molar-refractivity contribution is 5.89. The Kier molecular flexibility index (Phi) is 6.58. The summed E-state index contributed by atoms with van der Waals surface area (Å²) in [4.78, 5) is 11.8. The van der Waals surface area contributed by atoms with Gasteiger partial charge < -0.3 is 18.9 Å². The van der Waals surface area contributed by atoms with Crippen molar-refractivity contribution in [3.8, 4) is 23.1 Å². The number of H-pyrrole nitrogens is 1. The van der Waals surface area contributed by atoms with Gasteiger partial charge in [0.25, 0.3) is 5.88 Å². The van der Waals surface area contributed by atoms with E-state index in [1.165, 1.54) is 24.3 Å². The fourth-order valence-electron chi connectivity index (χ4n) is 2.34. The number of carbonyl (C=O) groups excluding carboxylic acids is 1. The maximum atomic E-state index is 14.1. The lowest BCUT2D eigenvalue weighted by molar-refractivity contribution is -0.274. The summed E-state index contributed by atoms with van der Waals surface area (Å²) in [6, 6.07) is 8.51. The first kappa shape index (κ1) is 21.9. The van der Waals surface area contributed by atoms with Crippen LogP contribution in [0.15, 0.2) is 42.5 Å². The van der Waals surface area contributed by atoms with Gasteiger partial charge in [0.2, 0.25) is 5.69 Å². The Morgan fingerprint density at radius 3 is 2.48 bits per heavy atom. The molecule has 0 saturated heterocycles. The van der Waals surface area contributed by atoms with E-state index < -0.39 is 18.1 Å². The zero-order valence-corrected chi connectivity index (χ0v) is 15.9. The molecule has 12 heteroatoms. The number of ether oxygens (including phenoxy) is 4. The molecular formula is C19H15F4N3O5. The summed E-state index contributed by atoms with van der Waals surface area (Å²) in [5, 5.41) is 9.47. The van der Waals surface area contributed by atoms with E-state index in [4.69, 9.17) is 14.2 Å². The van der Waals surface area contributed by atoms with Crippen molar-refractivity contribution in [2.45, 2.75) is 19.9 Å². The number of aromatic nitrogens is 3. The average molecular weight is 441 g/mol. The van der Waals surface area contributed by atoms with Crippen molar-refractivity contribution in [3.05, 3.63) is 59.5 Å². The van der Waals surface area contributed by atoms with Gasteiger partial charge in [0.1, 0.15) is 18.1 Å². The maximum absolute atomic E-state index is 14.1. The molecule has 3 rings (SSSR count). The second-order valence-corrected chi connectivity index (χ2v) is 5.89. The van der Waals surface area contributed by atoms with E-state index in [1.54, 1.807) is 6.92 Å². The molecular weight excluding hydrogens is 426 g/mol. The van der Waals surface area contributed by atoms with Gasteiger partial charge in [-0.2, -0.15) is 0 Å². The molecule has 0 spiro atoms. The zero-order chi connectivity index (χ0) is 22.4. The number of nitrogens with zero attached hydrogens (tertiary/aromatic N) is 2. The van der Waals surface area contributed by atoms with Crippen molar-refractivity contribution >= 4 is 5.97 Å². The average Bonchev–Trinajstić information content (AvgIpc) is 3.17. The Balaban J connectivity index is 1.67. The number of hydrogen-bond acceptors (Lipinski definition) is 7. The first-order valence-electron chi connectivity index (χ1n) is 8.78. The van der Waals surface area contributed by atoms with Crippen LogP contribution in [0.25, 0.3) is 0 Å².